The van der Waals surface area contributed by atoms with Crippen LogP contribution in [0.1, 0.15) is 12.5 Å². The number of anilines is 1. The number of carbonyl (C=O) groups is 1. The molecule has 0 fully saturated rings. The number of amides is 1. The molecule has 3 aromatic heterocycles. The van der Waals surface area contributed by atoms with Gasteiger partial charge in [-0.15, -0.1) is 11.3 Å². The van der Waals surface area contributed by atoms with Gasteiger partial charge in [-0.1, -0.05) is 48.2 Å². The summed E-state index contributed by atoms with van der Waals surface area (Å²) in [5.74, 6) is 0.452. The van der Waals surface area contributed by atoms with Crippen molar-refractivity contribution in [2.24, 2.45) is 0 Å². The van der Waals surface area contributed by atoms with Crippen molar-refractivity contribution in [2.75, 3.05) is 10.7 Å². The lowest BCUT2D eigenvalue weighted by atomic mass is 10.1. The number of hydrogen-bond donors (Lipinski definition) is 0. The number of fused-ring (bicyclic) bond motifs is 5. The first-order chi connectivity index (χ1) is 15.2. The van der Waals surface area contributed by atoms with Crippen LogP contribution in [0.3, 0.4) is 0 Å². The molecule has 1 atom stereocenters. The van der Waals surface area contributed by atoms with Gasteiger partial charge in [-0.05, 0) is 37.1 Å². The Kier molecular flexibility index (Phi) is 4.40. The second kappa shape index (κ2) is 7.28. The lowest BCUT2D eigenvalue weighted by molar-refractivity contribution is -0.116. The zero-order valence-electron chi connectivity index (χ0n) is 16.8. The molecule has 1 unspecified atom stereocenters. The van der Waals surface area contributed by atoms with Crippen molar-refractivity contribution in [3.05, 3.63) is 66.5 Å². The summed E-state index contributed by atoms with van der Waals surface area (Å²) in [6, 6.07) is 18.6. The molecule has 5 nitrogen and oxygen atoms in total. The predicted octanol–water partition coefficient (Wildman–Crippen LogP) is 5.46. The standard InChI is InChI=1S/C24H18N4OS2/c1-14-10-16-7-3-5-9-19(16)28(14)20(29)12-30-24-22-21(25-13-26-24)17-11-15-6-2-4-8-18(15)27-23(17)31-22/h2-9,11,13-14H,10,12H2,1H3. The minimum atomic E-state index is 0.110. The van der Waals surface area contributed by atoms with E-state index in [9.17, 15) is 4.79 Å². The number of benzene rings is 2. The molecule has 2 aromatic carbocycles. The fraction of sp³-hybridized carbons (Fsp3) is 0.167. The number of carbonyl (C=O) groups excluding carboxylic acids is 1. The number of hydrogen-bond acceptors (Lipinski definition) is 6. The first-order valence-electron chi connectivity index (χ1n) is 10.1. The summed E-state index contributed by atoms with van der Waals surface area (Å²) in [6.07, 6.45) is 2.49. The molecule has 0 radical (unpaired) electrons. The first-order valence-corrected chi connectivity index (χ1v) is 11.9. The van der Waals surface area contributed by atoms with Crippen LogP contribution in [-0.4, -0.2) is 32.7 Å². The van der Waals surface area contributed by atoms with E-state index in [-0.39, 0.29) is 11.9 Å². The predicted molar refractivity (Wildman–Crippen MR) is 128 cm³/mol. The number of pyridine rings is 1. The van der Waals surface area contributed by atoms with Gasteiger partial charge in [0, 0.05) is 22.5 Å². The van der Waals surface area contributed by atoms with E-state index in [0.717, 1.165) is 48.5 Å². The Balaban J connectivity index is 1.33. The lowest BCUT2D eigenvalue weighted by Crippen LogP contribution is -2.36. The average Bonchev–Trinajstić information content (AvgIpc) is 3.32. The quantitative estimate of drug-likeness (QED) is 0.274. The van der Waals surface area contributed by atoms with E-state index in [1.165, 1.54) is 17.3 Å². The second-order valence-corrected chi connectivity index (χ2v) is 9.69. The van der Waals surface area contributed by atoms with Crippen LogP contribution in [0.5, 0.6) is 0 Å². The van der Waals surface area contributed by atoms with E-state index < -0.39 is 0 Å². The van der Waals surface area contributed by atoms with Gasteiger partial charge in [0.05, 0.1) is 21.5 Å². The van der Waals surface area contributed by atoms with Gasteiger partial charge in [-0.25, -0.2) is 15.0 Å². The molecule has 0 saturated carbocycles. The van der Waals surface area contributed by atoms with E-state index in [0.29, 0.717) is 5.75 Å². The number of aromatic nitrogens is 3. The highest BCUT2D eigenvalue weighted by Crippen LogP contribution is 2.38. The number of thiophene rings is 1. The molecule has 31 heavy (non-hydrogen) atoms. The van der Waals surface area contributed by atoms with Crippen LogP contribution >= 0.6 is 23.1 Å². The van der Waals surface area contributed by atoms with Gasteiger partial charge in [0.25, 0.3) is 0 Å². The zero-order valence-corrected chi connectivity index (χ0v) is 18.4. The monoisotopic (exact) mass is 442 g/mol. The molecule has 0 saturated heterocycles. The number of para-hydroxylation sites is 2. The number of rotatable bonds is 3. The molecule has 0 aliphatic carbocycles. The molecule has 0 spiro atoms. The van der Waals surface area contributed by atoms with Crippen LogP contribution in [0.25, 0.3) is 31.3 Å². The highest BCUT2D eigenvalue weighted by Gasteiger charge is 2.30. The Hall–Kier alpha value is -3.03. The summed E-state index contributed by atoms with van der Waals surface area (Å²) in [7, 11) is 0. The minimum absolute atomic E-state index is 0.110. The normalized spacial score (nSPS) is 15.8. The Labute approximate surface area is 187 Å². The highest BCUT2D eigenvalue weighted by molar-refractivity contribution is 8.00. The Morgan fingerprint density at radius 2 is 2.00 bits per heavy atom. The van der Waals surface area contributed by atoms with Crippen molar-refractivity contribution in [1.82, 2.24) is 15.0 Å². The molecular weight excluding hydrogens is 424 g/mol. The fourth-order valence-corrected chi connectivity index (χ4v) is 6.38. The fourth-order valence-electron chi connectivity index (χ4n) is 4.33. The van der Waals surface area contributed by atoms with E-state index >= 15 is 0 Å². The van der Waals surface area contributed by atoms with Crippen molar-refractivity contribution < 1.29 is 4.79 Å². The van der Waals surface area contributed by atoms with Crippen molar-refractivity contribution in [1.29, 1.82) is 0 Å². The third-order valence-corrected chi connectivity index (χ3v) is 7.92. The molecule has 1 aliphatic rings. The average molecular weight is 443 g/mol. The highest BCUT2D eigenvalue weighted by atomic mass is 32.2. The third kappa shape index (κ3) is 3.07. The lowest BCUT2D eigenvalue weighted by Gasteiger charge is -2.22. The molecule has 4 heterocycles. The maximum absolute atomic E-state index is 13.1. The summed E-state index contributed by atoms with van der Waals surface area (Å²) in [4.78, 5) is 29.8. The van der Waals surface area contributed by atoms with Gasteiger partial charge >= 0.3 is 0 Å². The minimum Gasteiger partial charge on any atom is -0.308 e. The maximum Gasteiger partial charge on any atom is 0.237 e. The van der Waals surface area contributed by atoms with E-state index in [1.807, 2.05) is 41.3 Å². The molecule has 0 bridgehead atoms. The molecule has 1 amide bonds. The second-order valence-electron chi connectivity index (χ2n) is 7.73. The maximum atomic E-state index is 13.1. The van der Waals surface area contributed by atoms with Crippen molar-refractivity contribution in [2.45, 2.75) is 24.4 Å². The Morgan fingerprint density at radius 1 is 1.16 bits per heavy atom. The SMILES string of the molecule is CC1Cc2ccccc2N1C(=O)CSc1ncnc2c1sc1nc3ccccc3cc12. The van der Waals surface area contributed by atoms with Crippen LogP contribution in [0.15, 0.2) is 66.0 Å². The van der Waals surface area contributed by atoms with E-state index in [1.54, 1.807) is 17.7 Å². The zero-order chi connectivity index (χ0) is 20.9. The van der Waals surface area contributed by atoms with Gasteiger partial charge in [-0.2, -0.15) is 0 Å². The topological polar surface area (TPSA) is 59.0 Å². The molecule has 5 aromatic rings. The molecule has 6 rings (SSSR count). The van der Waals surface area contributed by atoms with Crippen molar-refractivity contribution in [3.8, 4) is 0 Å². The molecule has 152 valence electrons. The van der Waals surface area contributed by atoms with Crippen LogP contribution < -0.4 is 4.90 Å². The summed E-state index contributed by atoms with van der Waals surface area (Å²) >= 11 is 3.08. The first kappa shape index (κ1) is 18.7. The van der Waals surface area contributed by atoms with Crippen LogP contribution in [-0.2, 0) is 11.2 Å². The number of thioether (sulfide) groups is 1. The summed E-state index contributed by atoms with van der Waals surface area (Å²) in [5, 5.41) is 2.97. The van der Waals surface area contributed by atoms with E-state index in [4.69, 9.17) is 4.98 Å². The molecule has 0 N–H and O–H groups in total. The number of nitrogens with zero attached hydrogens (tertiary/aromatic N) is 4. The van der Waals surface area contributed by atoms with Gasteiger partial charge < -0.3 is 4.90 Å². The Bertz CT molecular complexity index is 1480. The third-order valence-electron chi connectivity index (χ3n) is 5.72. The Morgan fingerprint density at radius 3 is 2.94 bits per heavy atom. The summed E-state index contributed by atoms with van der Waals surface area (Å²) in [5.41, 5.74) is 4.15. The van der Waals surface area contributed by atoms with Crippen LogP contribution in [0, 0.1) is 0 Å². The molecule has 7 heteroatoms. The van der Waals surface area contributed by atoms with E-state index in [2.05, 4.69) is 35.1 Å². The molecular formula is C24H18N4OS2. The molecule has 1 aliphatic heterocycles. The van der Waals surface area contributed by atoms with Crippen LogP contribution in [0.4, 0.5) is 5.69 Å². The summed E-state index contributed by atoms with van der Waals surface area (Å²) < 4.78 is 0.993. The smallest absolute Gasteiger partial charge is 0.237 e. The van der Waals surface area contributed by atoms with Crippen molar-refractivity contribution >= 4 is 66.0 Å². The summed E-state index contributed by atoms with van der Waals surface area (Å²) in [6.45, 7) is 2.10. The van der Waals surface area contributed by atoms with Gasteiger partial charge in [0.1, 0.15) is 16.2 Å². The van der Waals surface area contributed by atoms with Crippen LogP contribution in [0.2, 0.25) is 0 Å². The van der Waals surface area contributed by atoms with Gasteiger partial charge in [-0.3, -0.25) is 4.79 Å². The van der Waals surface area contributed by atoms with Gasteiger partial charge in [0.2, 0.25) is 5.91 Å². The van der Waals surface area contributed by atoms with Crippen molar-refractivity contribution in [3.63, 3.8) is 0 Å². The van der Waals surface area contributed by atoms with Gasteiger partial charge in [0.15, 0.2) is 0 Å². The largest absolute Gasteiger partial charge is 0.308 e.